The molecule has 0 aromatic heterocycles. The van der Waals surface area contributed by atoms with Crippen LogP contribution >= 0.6 is 12.4 Å². The zero-order valence-corrected chi connectivity index (χ0v) is 14.9. The predicted octanol–water partition coefficient (Wildman–Crippen LogP) is 1.85. The first-order chi connectivity index (χ1) is 10.5. The van der Waals surface area contributed by atoms with Crippen LogP contribution in [0.4, 0.5) is 0 Å². The maximum atomic E-state index is 12.8. The van der Waals surface area contributed by atoms with Gasteiger partial charge in [-0.05, 0) is 32.6 Å². The van der Waals surface area contributed by atoms with E-state index in [9.17, 15) is 9.90 Å². The van der Waals surface area contributed by atoms with Crippen LogP contribution in [0.2, 0.25) is 0 Å². The molecule has 1 spiro atoms. The molecule has 3 N–H and O–H groups in total. The van der Waals surface area contributed by atoms with Crippen molar-refractivity contribution in [3.05, 3.63) is 0 Å². The summed E-state index contributed by atoms with van der Waals surface area (Å²) in [7, 11) is 0. The summed E-state index contributed by atoms with van der Waals surface area (Å²) >= 11 is 0. The highest BCUT2D eigenvalue weighted by Gasteiger charge is 2.56. The summed E-state index contributed by atoms with van der Waals surface area (Å²) in [5.74, 6) is 0.129. The number of rotatable bonds is 3. The van der Waals surface area contributed by atoms with Gasteiger partial charge in [0.25, 0.3) is 0 Å². The minimum atomic E-state index is -0.639. The van der Waals surface area contributed by atoms with Crippen molar-refractivity contribution in [1.29, 1.82) is 0 Å². The van der Waals surface area contributed by atoms with Gasteiger partial charge < -0.3 is 20.5 Å². The Hall–Kier alpha value is -0.360. The van der Waals surface area contributed by atoms with E-state index < -0.39 is 5.54 Å². The van der Waals surface area contributed by atoms with Crippen LogP contribution < -0.4 is 5.73 Å². The van der Waals surface area contributed by atoms with Crippen LogP contribution in [0.15, 0.2) is 0 Å². The number of hydrogen-bond acceptors (Lipinski definition) is 4. The van der Waals surface area contributed by atoms with Gasteiger partial charge in [-0.3, -0.25) is 4.79 Å². The number of carbonyl (C=O) groups excluding carboxylic acids is 1. The minimum Gasteiger partial charge on any atom is -0.392 e. The maximum Gasteiger partial charge on any atom is 0.242 e. The third-order valence-electron chi connectivity index (χ3n) is 6.26. The number of aliphatic hydroxyl groups is 1. The van der Waals surface area contributed by atoms with E-state index in [0.29, 0.717) is 19.7 Å². The summed E-state index contributed by atoms with van der Waals surface area (Å²) in [5.41, 5.74) is 5.62. The number of nitrogens with two attached hydrogens (primary N) is 1. The number of ether oxygens (including phenoxy) is 1. The SMILES string of the molecule is CCOC1CC(O)C12CCN(C(=O)C1(N)CCCCC1)CC2.Cl. The lowest BCUT2D eigenvalue weighted by atomic mass is 9.58. The van der Waals surface area contributed by atoms with Crippen molar-refractivity contribution in [2.75, 3.05) is 19.7 Å². The second-order valence-electron chi connectivity index (χ2n) is 7.44. The third kappa shape index (κ3) is 3.26. The van der Waals surface area contributed by atoms with Gasteiger partial charge in [-0.1, -0.05) is 19.3 Å². The first-order valence-electron chi connectivity index (χ1n) is 8.90. The molecule has 0 aromatic carbocycles. The van der Waals surface area contributed by atoms with Crippen LogP contribution in [0.5, 0.6) is 0 Å². The molecule has 5 nitrogen and oxygen atoms in total. The van der Waals surface area contributed by atoms with Crippen molar-refractivity contribution in [2.24, 2.45) is 11.1 Å². The summed E-state index contributed by atoms with van der Waals surface area (Å²) in [5, 5.41) is 10.2. The second kappa shape index (κ2) is 7.26. The molecule has 3 fully saturated rings. The fourth-order valence-corrected chi connectivity index (χ4v) is 4.65. The maximum absolute atomic E-state index is 12.8. The zero-order valence-electron chi connectivity index (χ0n) is 14.1. The fraction of sp³-hybridized carbons (Fsp3) is 0.941. The van der Waals surface area contributed by atoms with Crippen LogP contribution in [0.3, 0.4) is 0 Å². The Morgan fingerprint density at radius 1 is 1.22 bits per heavy atom. The Labute approximate surface area is 145 Å². The fourth-order valence-electron chi connectivity index (χ4n) is 4.65. The topological polar surface area (TPSA) is 75.8 Å². The number of carbonyl (C=O) groups is 1. The van der Waals surface area contributed by atoms with Crippen molar-refractivity contribution in [1.82, 2.24) is 4.90 Å². The highest BCUT2D eigenvalue weighted by atomic mass is 35.5. The molecule has 0 radical (unpaired) electrons. The van der Waals surface area contributed by atoms with Gasteiger partial charge in [0.1, 0.15) is 0 Å². The van der Waals surface area contributed by atoms with E-state index in [-0.39, 0.29) is 35.9 Å². The summed E-state index contributed by atoms with van der Waals surface area (Å²) in [6.45, 7) is 4.10. The Bertz CT molecular complexity index is 416. The second-order valence-corrected chi connectivity index (χ2v) is 7.44. The van der Waals surface area contributed by atoms with Gasteiger partial charge in [-0.2, -0.15) is 0 Å². The van der Waals surface area contributed by atoms with Crippen LogP contribution in [0.25, 0.3) is 0 Å². The molecule has 134 valence electrons. The number of hydrogen-bond donors (Lipinski definition) is 2. The lowest BCUT2D eigenvalue weighted by Gasteiger charge is -2.57. The van der Waals surface area contributed by atoms with Gasteiger partial charge in [0.05, 0.1) is 17.7 Å². The molecule has 1 aliphatic heterocycles. The predicted molar refractivity (Wildman–Crippen MR) is 91.5 cm³/mol. The van der Waals surface area contributed by atoms with Gasteiger partial charge in [-0.15, -0.1) is 12.4 Å². The minimum absolute atomic E-state index is 0. The smallest absolute Gasteiger partial charge is 0.242 e. The normalized spacial score (nSPS) is 32.0. The molecule has 1 saturated heterocycles. The first kappa shape index (κ1) is 19.0. The molecule has 1 amide bonds. The molecule has 2 unspecified atom stereocenters. The van der Waals surface area contributed by atoms with Crippen molar-refractivity contribution in [2.45, 2.75) is 76.0 Å². The Morgan fingerprint density at radius 3 is 2.35 bits per heavy atom. The standard InChI is InChI=1S/C17H30N2O3.ClH/c1-2-22-14-12-13(20)16(14)8-10-19(11-9-16)15(21)17(18)6-4-3-5-7-17;/h13-14,20H,2-12,18H2,1H3;1H. The number of nitrogens with zero attached hydrogens (tertiary/aromatic N) is 1. The van der Waals surface area contributed by atoms with Gasteiger partial charge in [0.15, 0.2) is 0 Å². The largest absolute Gasteiger partial charge is 0.392 e. The average Bonchev–Trinajstić information content (AvgIpc) is 2.55. The third-order valence-corrected chi connectivity index (χ3v) is 6.26. The molecular weight excluding hydrogens is 316 g/mol. The number of piperidine rings is 1. The number of likely N-dealkylation sites (tertiary alicyclic amines) is 1. The number of halogens is 1. The highest BCUT2D eigenvalue weighted by molar-refractivity contribution is 5.86. The van der Waals surface area contributed by atoms with E-state index in [4.69, 9.17) is 10.5 Å². The molecule has 3 aliphatic rings. The molecule has 0 aromatic rings. The molecule has 0 bridgehead atoms. The van der Waals surface area contributed by atoms with Crippen LogP contribution in [-0.4, -0.2) is 53.4 Å². The zero-order chi connectivity index (χ0) is 15.8. The van der Waals surface area contributed by atoms with Crippen molar-refractivity contribution in [3.8, 4) is 0 Å². The summed E-state index contributed by atoms with van der Waals surface area (Å²) < 4.78 is 5.79. The summed E-state index contributed by atoms with van der Waals surface area (Å²) in [6, 6.07) is 0. The van der Waals surface area contributed by atoms with Crippen LogP contribution in [0.1, 0.15) is 58.3 Å². The van der Waals surface area contributed by atoms with E-state index in [0.717, 1.165) is 44.9 Å². The molecule has 2 saturated carbocycles. The summed E-state index contributed by atoms with van der Waals surface area (Å²) in [6.07, 6.45) is 7.24. The van der Waals surface area contributed by atoms with Gasteiger partial charge in [-0.25, -0.2) is 0 Å². The molecule has 2 atom stereocenters. The Kier molecular flexibility index (Phi) is 5.99. The van der Waals surface area contributed by atoms with Crippen LogP contribution in [-0.2, 0) is 9.53 Å². The van der Waals surface area contributed by atoms with Crippen molar-refractivity contribution >= 4 is 18.3 Å². The highest BCUT2D eigenvalue weighted by Crippen LogP contribution is 2.51. The van der Waals surface area contributed by atoms with Gasteiger partial charge in [0.2, 0.25) is 5.91 Å². The molecule has 23 heavy (non-hydrogen) atoms. The monoisotopic (exact) mass is 346 g/mol. The van der Waals surface area contributed by atoms with Gasteiger partial charge >= 0.3 is 0 Å². The molecular formula is C17H31ClN2O3. The molecule has 3 rings (SSSR count). The number of amides is 1. The molecule has 6 heteroatoms. The van der Waals surface area contributed by atoms with Crippen molar-refractivity contribution in [3.63, 3.8) is 0 Å². The average molecular weight is 347 g/mol. The lowest BCUT2D eigenvalue weighted by Crippen LogP contribution is -2.65. The first-order valence-corrected chi connectivity index (χ1v) is 8.90. The lowest BCUT2D eigenvalue weighted by molar-refractivity contribution is -0.210. The van der Waals surface area contributed by atoms with Crippen molar-refractivity contribution < 1.29 is 14.6 Å². The molecule has 2 aliphatic carbocycles. The number of aliphatic hydroxyl groups excluding tert-OH is 1. The van der Waals surface area contributed by atoms with Gasteiger partial charge in [0, 0.05) is 31.5 Å². The Balaban J connectivity index is 0.00000192. The quantitative estimate of drug-likeness (QED) is 0.817. The summed E-state index contributed by atoms with van der Waals surface area (Å²) in [4.78, 5) is 14.7. The van der Waals surface area contributed by atoms with E-state index in [2.05, 4.69) is 0 Å². The Morgan fingerprint density at radius 2 is 1.83 bits per heavy atom. The van der Waals surface area contributed by atoms with Crippen LogP contribution in [0, 0.1) is 5.41 Å². The van der Waals surface area contributed by atoms with E-state index >= 15 is 0 Å². The van der Waals surface area contributed by atoms with E-state index in [1.54, 1.807) is 0 Å². The van der Waals surface area contributed by atoms with E-state index in [1.165, 1.54) is 6.42 Å². The van der Waals surface area contributed by atoms with E-state index in [1.807, 2.05) is 11.8 Å². The molecule has 1 heterocycles.